The molecule has 0 aromatic heterocycles. The van der Waals surface area contributed by atoms with Crippen molar-refractivity contribution in [3.8, 4) is 5.75 Å². The van der Waals surface area contributed by atoms with E-state index in [2.05, 4.69) is 22.8 Å². The van der Waals surface area contributed by atoms with Crippen molar-refractivity contribution in [1.29, 1.82) is 0 Å². The molecule has 3 rings (SSSR count). The number of hydrogen-bond acceptors (Lipinski definition) is 5. The second kappa shape index (κ2) is 12.1. The lowest BCUT2D eigenvalue weighted by molar-refractivity contribution is -0.384. The van der Waals surface area contributed by atoms with Crippen LogP contribution in [0.4, 0.5) is 11.4 Å². The number of nitro benzene ring substituents is 1. The van der Waals surface area contributed by atoms with Crippen LogP contribution < -0.4 is 15.4 Å². The Bertz CT molecular complexity index is 1130. The van der Waals surface area contributed by atoms with Crippen LogP contribution in [0.3, 0.4) is 0 Å². The molecule has 0 saturated heterocycles. The van der Waals surface area contributed by atoms with Crippen LogP contribution in [0, 0.1) is 10.1 Å². The SMILES string of the molecule is O=C(C=Cc1ccc([N+](=O)[O-])cc1)NC(=S)Nc1cccc(OCCCc2ccccc2)c1. The van der Waals surface area contributed by atoms with Crippen molar-refractivity contribution in [1.82, 2.24) is 5.32 Å². The molecule has 0 aliphatic carbocycles. The third-order valence-corrected chi connectivity index (χ3v) is 4.79. The summed E-state index contributed by atoms with van der Waals surface area (Å²) in [6.07, 6.45) is 4.70. The highest BCUT2D eigenvalue weighted by Crippen LogP contribution is 2.18. The van der Waals surface area contributed by atoms with Crippen LogP contribution >= 0.6 is 12.2 Å². The Labute approximate surface area is 197 Å². The summed E-state index contributed by atoms with van der Waals surface area (Å²) in [4.78, 5) is 22.3. The number of anilines is 1. The molecule has 3 aromatic carbocycles. The predicted octanol–water partition coefficient (Wildman–Crippen LogP) is 5.13. The molecule has 33 heavy (non-hydrogen) atoms. The highest BCUT2D eigenvalue weighted by atomic mass is 32.1. The molecule has 0 fully saturated rings. The Morgan fingerprint density at radius 3 is 2.52 bits per heavy atom. The highest BCUT2D eigenvalue weighted by molar-refractivity contribution is 7.80. The van der Waals surface area contributed by atoms with Crippen LogP contribution in [0.2, 0.25) is 0 Å². The van der Waals surface area contributed by atoms with E-state index < -0.39 is 10.8 Å². The van der Waals surface area contributed by atoms with Crippen molar-refractivity contribution in [3.63, 3.8) is 0 Å². The first-order valence-electron chi connectivity index (χ1n) is 10.3. The predicted molar refractivity (Wildman–Crippen MR) is 133 cm³/mol. The van der Waals surface area contributed by atoms with Gasteiger partial charge in [0.1, 0.15) is 5.75 Å². The van der Waals surface area contributed by atoms with Gasteiger partial charge in [-0.2, -0.15) is 0 Å². The van der Waals surface area contributed by atoms with E-state index in [1.165, 1.54) is 23.8 Å². The second-order valence-corrected chi connectivity index (χ2v) is 7.50. The van der Waals surface area contributed by atoms with E-state index in [1.54, 1.807) is 18.2 Å². The molecule has 7 nitrogen and oxygen atoms in total. The fourth-order valence-corrected chi connectivity index (χ4v) is 3.19. The number of rotatable bonds is 9. The van der Waals surface area contributed by atoms with Crippen molar-refractivity contribution in [2.45, 2.75) is 12.8 Å². The number of aryl methyl sites for hydroxylation is 1. The zero-order valence-corrected chi connectivity index (χ0v) is 18.6. The molecular formula is C25H23N3O4S. The number of benzene rings is 3. The Morgan fingerprint density at radius 1 is 1.03 bits per heavy atom. The molecule has 1 amide bonds. The van der Waals surface area contributed by atoms with Crippen LogP contribution in [-0.2, 0) is 11.2 Å². The van der Waals surface area contributed by atoms with Gasteiger partial charge in [0.25, 0.3) is 5.69 Å². The zero-order valence-electron chi connectivity index (χ0n) is 17.8. The molecule has 0 radical (unpaired) electrons. The summed E-state index contributed by atoms with van der Waals surface area (Å²) in [5, 5.41) is 16.4. The van der Waals surface area contributed by atoms with Gasteiger partial charge < -0.3 is 10.1 Å². The first kappa shape index (κ1) is 23.6. The number of nitrogens with one attached hydrogen (secondary N) is 2. The summed E-state index contributed by atoms with van der Waals surface area (Å²) >= 11 is 5.20. The van der Waals surface area contributed by atoms with E-state index >= 15 is 0 Å². The monoisotopic (exact) mass is 461 g/mol. The average molecular weight is 462 g/mol. The molecule has 3 aromatic rings. The van der Waals surface area contributed by atoms with Crippen LogP contribution in [0.1, 0.15) is 17.5 Å². The Kier molecular flexibility index (Phi) is 8.67. The molecule has 0 atom stereocenters. The quantitative estimate of drug-likeness (QED) is 0.151. The molecule has 0 bridgehead atoms. The van der Waals surface area contributed by atoms with Gasteiger partial charge in [-0.25, -0.2) is 0 Å². The van der Waals surface area contributed by atoms with Gasteiger partial charge in [0, 0.05) is 30.0 Å². The zero-order chi connectivity index (χ0) is 23.5. The molecule has 168 valence electrons. The summed E-state index contributed by atoms with van der Waals surface area (Å²) < 4.78 is 5.82. The fraction of sp³-hybridized carbons (Fsp3) is 0.120. The van der Waals surface area contributed by atoms with Crippen LogP contribution in [0.25, 0.3) is 6.08 Å². The van der Waals surface area contributed by atoms with Crippen LogP contribution in [0.5, 0.6) is 5.75 Å². The van der Waals surface area contributed by atoms with Crippen molar-refractivity contribution in [3.05, 3.63) is 106 Å². The summed E-state index contributed by atoms with van der Waals surface area (Å²) in [5.74, 6) is 0.291. The van der Waals surface area contributed by atoms with E-state index in [9.17, 15) is 14.9 Å². The second-order valence-electron chi connectivity index (χ2n) is 7.09. The maximum absolute atomic E-state index is 12.1. The average Bonchev–Trinajstić information content (AvgIpc) is 2.81. The van der Waals surface area contributed by atoms with Crippen molar-refractivity contribution in [2.75, 3.05) is 11.9 Å². The van der Waals surface area contributed by atoms with Crippen molar-refractivity contribution >= 4 is 40.7 Å². The summed E-state index contributed by atoms with van der Waals surface area (Å²) in [7, 11) is 0. The van der Waals surface area contributed by atoms with Gasteiger partial charge >= 0.3 is 0 Å². The maximum Gasteiger partial charge on any atom is 0.269 e. The van der Waals surface area contributed by atoms with E-state index in [0.29, 0.717) is 23.6 Å². The Morgan fingerprint density at radius 2 is 1.79 bits per heavy atom. The van der Waals surface area contributed by atoms with E-state index in [0.717, 1.165) is 12.8 Å². The highest BCUT2D eigenvalue weighted by Gasteiger charge is 2.05. The molecule has 0 saturated carbocycles. The van der Waals surface area contributed by atoms with Gasteiger partial charge in [0.2, 0.25) is 5.91 Å². The third-order valence-electron chi connectivity index (χ3n) is 4.58. The van der Waals surface area contributed by atoms with Crippen LogP contribution in [0.15, 0.2) is 84.9 Å². The number of nitrogens with zero attached hydrogens (tertiary/aromatic N) is 1. The van der Waals surface area contributed by atoms with Gasteiger partial charge in [-0.3, -0.25) is 20.2 Å². The van der Waals surface area contributed by atoms with E-state index in [-0.39, 0.29) is 10.8 Å². The number of non-ortho nitro benzene ring substituents is 1. The normalized spacial score (nSPS) is 10.5. The van der Waals surface area contributed by atoms with Gasteiger partial charge in [0.15, 0.2) is 5.11 Å². The third kappa shape index (κ3) is 8.19. The summed E-state index contributed by atoms with van der Waals surface area (Å²) in [5.41, 5.74) is 2.62. The van der Waals surface area contributed by atoms with Gasteiger partial charge in [-0.1, -0.05) is 36.4 Å². The fourth-order valence-electron chi connectivity index (χ4n) is 2.97. The summed E-state index contributed by atoms with van der Waals surface area (Å²) in [6.45, 7) is 0.590. The van der Waals surface area contributed by atoms with Crippen molar-refractivity contribution in [2.24, 2.45) is 0 Å². The molecule has 0 unspecified atom stereocenters. The number of nitro groups is 1. The lowest BCUT2D eigenvalue weighted by Crippen LogP contribution is -2.32. The summed E-state index contributed by atoms with van der Waals surface area (Å²) in [6, 6.07) is 23.5. The molecule has 0 aliphatic rings. The van der Waals surface area contributed by atoms with Crippen LogP contribution in [-0.4, -0.2) is 22.5 Å². The molecule has 0 aliphatic heterocycles. The largest absolute Gasteiger partial charge is 0.494 e. The van der Waals surface area contributed by atoms with Gasteiger partial charge in [-0.05, 0) is 66.5 Å². The number of carbonyl (C=O) groups is 1. The molecule has 0 heterocycles. The number of ether oxygens (including phenoxy) is 1. The lowest BCUT2D eigenvalue weighted by atomic mass is 10.1. The van der Waals surface area contributed by atoms with E-state index in [1.807, 2.05) is 42.5 Å². The lowest BCUT2D eigenvalue weighted by Gasteiger charge is -2.11. The number of carbonyl (C=O) groups excluding carboxylic acids is 1. The Hall–Kier alpha value is -4.04. The minimum absolute atomic E-state index is 0.00983. The standard InChI is InChI=1S/C25H23N3O4S/c29-24(16-13-20-11-14-22(15-12-20)28(30)31)27-25(33)26-21-9-4-10-23(18-21)32-17-5-8-19-6-2-1-3-7-19/h1-4,6-7,9-16,18H,5,8,17H2,(H2,26,27,29,33). The number of amides is 1. The van der Waals surface area contributed by atoms with E-state index in [4.69, 9.17) is 17.0 Å². The molecular weight excluding hydrogens is 438 g/mol. The number of hydrogen-bond donors (Lipinski definition) is 2. The maximum atomic E-state index is 12.1. The smallest absolute Gasteiger partial charge is 0.269 e. The topological polar surface area (TPSA) is 93.5 Å². The minimum Gasteiger partial charge on any atom is -0.494 e. The van der Waals surface area contributed by atoms with Gasteiger partial charge in [-0.15, -0.1) is 0 Å². The van der Waals surface area contributed by atoms with Gasteiger partial charge in [0.05, 0.1) is 11.5 Å². The molecule has 0 spiro atoms. The number of thiocarbonyl (C=S) groups is 1. The molecule has 8 heteroatoms. The first-order valence-corrected chi connectivity index (χ1v) is 10.7. The minimum atomic E-state index is -0.477. The molecule has 2 N–H and O–H groups in total. The van der Waals surface area contributed by atoms with Crippen molar-refractivity contribution < 1.29 is 14.5 Å². The first-order chi connectivity index (χ1) is 16.0. The Balaban J connectivity index is 1.43.